The number of nitrogens with zero attached hydrogens (tertiary/aromatic N) is 1. The molecule has 5 aliphatic rings. The Balaban J connectivity index is 1.47. The van der Waals surface area contributed by atoms with E-state index < -0.39 is 18.1 Å². The Morgan fingerprint density at radius 2 is 1.74 bits per heavy atom. The van der Waals surface area contributed by atoms with Gasteiger partial charge in [0, 0.05) is 13.7 Å². The predicted molar refractivity (Wildman–Crippen MR) is 96.8 cm³/mol. The average molecular weight is 378 g/mol. The lowest BCUT2D eigenvalue weighted by molar-refractivity contribution is -0.160. The first-order valence-corrected chi connectivity index (χ1v) is 10.2. The number of likely N-dealkylation sites (tertiary alicyclic amines) is 1. The minimum atomic E-state index is -1.12. The maximum Gasteiger partial charge on any atom is 0.328 e. The number of amides is 2. The van der Waals surface area contributed by atoms with E-state index in [0.29, 0.717) is 30.7 Å². The molecule has 2 unspecified atom stereocenters. The molecule has 0 spiro atoms. The van der Waals surface area contributed by atoms with E-state index in [4.69, 9.17) is 4.74 Å². The van der Waals surface area contributed by atoms with E-state index >= 15 is 0 Å². The van der Waals surface area contributed by atoms with Crippen molar-refractivity contribution < 1.29 is 24.2 Å². The van der Waals surface area contributed by atoms with Crippen molar-refractivity contribution >= 4 is 17.8 Å². The summed E-state index contributed by atoms with van der Waals surface area (Å²) in [7, 11) is 1.40. The maximum atomic E-state index is 13.6. The van der Waals surface area contributed by atoms with Gasteiger partial charge in [0.2, 0.25) is 11.8 Å². The Kier molecular flexibility index (Phi) is 4.91. The summed E-state index contributed by atoms with van der Waals surface area (Å²) in [5, 5.41) is 11.8. The fraction of sp³-hybridized carbons (Fsp3) is 0.850. The highest BCUT2D eigenvalue weighted by atomic mass is 16.5. The standard InChI is InChI=1S/C20H30N2O5/c1-27-11-15(18(24)25)21-17(23)16-3-2-4-22(16)19(26)20-8-12-5-13(9-20)7-14(6-12)10-20/h12-16H,2-11H2,1H3,(H,21,23)(H,24,25). The first kappa shape index (κ1) is 18.7. The zero-order valence-corrected chi connectivity index (χ0v) is 16.0. The fourth-order valence-electron chi connectivity index (χ4n) is 6.57. The summed E-state index contributed by atoms with van der Waals surface area (Å²) >= 11 is 0. The summed E-state index contributed by atoms with van der Waals surface area (Å²) in [6.45, 7) is 0.511. The van der Waals surface area contributed by atoms with Gasteiger partial charge in [0.15, 0.2) is 6.04 Å². The molecule has 150 valence electrons. The maximum absolute atomic E-state index is 13.6. The lowest BCUT2D eigenvalue weighted by Gasteiger charge is -2.56. The van der Waals surface area contributed by atoms with Crippen LogP contribution in [-0.4, -0.2) is 60.1 Å². The van der Waals surface area contributed by atoms with E-state index in [0.717, 1.165) is 25.7 Å². The van der Waals surface area contributed by atoms with Crippen LogP contribution in [0.25, 0.3) is 0 Å². The monoisotopic (exact) mass is 378 g/mol. The summed E-state index contributed by atoms with van der Waals surface area (Å²) in [6.07, 6.45) is 8.13. The van der Waals surface area contributed by atoms with Crippen molar-refractivity contribution in [1.82, 2.24) is 10.2 Å². The van der Waals surface area contributed by atoms with Crippen molar-refractivity contribution in [2.75, 3.05) is 20.3 Å². The first-order valence-electron chi connectivity index (χ1n) is 10.2. The summed E-state index contributed by atoms with van der Waals surface area (Å²) < 4.78 is 4.89. The molecule has 4 saturated carbocycles. The number of nitrogens with one attached hydrogen (secondary N) is 1. The van der Waals surface area contributed by atoms with Crippen molar-refractivity contribution in [3.8, 4) is 0 Å². The number of hydrogen-bond acceptors (Lipinski definition) is 4. The van der Waals surface area contributed by atoms with Crippen LogP contribution < -0.4 is 5.32 Å². The Morgan fingerprint density at radius 1 is 1.15 bits per heavy atom. The first-order chi connectivity index (χ1) is 12.9. The molecule has 1 heterocycles. The topological polar surface area (TPSA) is 95.9 Å². The van der Waals surface area contributed by atoms with Gasteiger partial charge in [0.05, 0.1) is 12.0 Å². The van der Waals surface area contributed by atoms with Crippen LogP contribution >= 0.6 is 0 Å². The molecule has 1 aliphatic heterocycles. The molecule has 4 aliphatic carbocycles. The highest BCUT2D eigenvalue weighted by Gasteiger charge is 2.56. The van der Waals surface area contributed by atoms with E-state index in [-0.39, 0.29) is 23.8 Å². The van der Waals surface area contributed by atoms with Crippen LogP contribution in [0.4, 0.5) is 0 Å². The third-order valence-corrected chi connectivity index (χ3v) is 7.26. The third kappa shape index (κ3) is 3.35. The smallest absolute Gasteiger partial charge is 0.328 e. The highest BCUT2D eigenvalue weighted by molar-refractivity contribution is 5.92. The number of methoxy groups -OCH3 is 1. The molecule has 2 amide bonds. The van der Waals surface area contributed by atoms with Crippen LogP contribution in [0.15, 0.2) is 0 Å². The number of aliphatic carboxylic acids is 1. The quantitative estimate of drug-likeness (QED) is 0.729. The number of carbonyl (C=O) groups excluding carboxylic acids is 2. The van der Waals surface area contributed by atoms with Gasteiger partial charge in [0.25, 0.3) is 0 Å². The van der Waals surface area contributed by atoms with Gasteiger partial charge >= 0.3 is 5.97 Å². The molecule has 0 aromatic carbocycles. The van der Waals surface area contributed by atoms with Crippen molar-refractivity contribution in [3.05, 3.63) is 0 Å². The summed E-state index contributed by atoms with van der Waals surface area (Å²) in [5.41, 5.74) is -0.268. The highest BCUT2D eigenvalue weighted by Crippen LogP contribution is 2.60. The second-order valence-corrected chi connectivity index (χ2v) is 9.21. The second kappa shape index (κ2) is 7.08. The number of hydrogen-bond donors (Lipinski definition) is 2. The molecule has 27 heavy (non-hydrogen) atoms. The molecule has 2 atom stereocenters. The van der Waals surface area contributed by atoms with Crippen molar-refractivity contribution in [2.24, 2.45) is 23.2 Å². The molecule has 0 radical (unpaired) electrons. The largest absolute Gasteiger partial charge is 0.480 e. The van der Waals surface area contributed by atoms with Gasteiger partial charge in [-0.3, -0.25) is 9.59 Å². The van der Waals surface area contributed by atoms with Crippen molar-refractivity contribution in [1.29, 1.82) is 0 Å². The molecule has 4 bridgehead atoms. The number of carbonyl (C=O) groups is 3. The van der Waals surface area contributed by atoms with E-state index in [2.05, 4.69) is 5.32 Å². The molecular formula is C20H30N2O5. The molecule has 7 nitrogen and oxygen atoms in total. The molecule has 7 heteroatoms. The fourth-order valence-corrected chi connectivity index (χ4v) is 6.57. The zero-order valence-electron chi connectivity index (χ0n) is 16.0. The second-order valence-electron chi connectivity index (χ2n) is 9.21. The van der Waals surface area contributed by atoms with Crippen LogP contribution in [0.5, 0.6) is 0 Å². The van der Waals surface area contributed by atoms with Gasteiger partial charge in [-0.25, -0.2) is 4.79 Å². The van der Waals surface area contributed by atoms with Crippen LogP contribution in [0.2, 0.25) is 0 Å². The summed E-state index contributed by atoms with van der Waals surface area (Å²) in [4.78, 5) is 39.4. The lowest BCUT2D eigenvalue weighted by Crippen LogP contribution is -2.58. The normalized spacial score (nSPS) is 38.0. The van der Waals surface area contributed by atoms with Crippen LogP contribution in [0, 0.1) is 23.2 Å². The SMILES string of the molecule is COCC(NC(=O)C1CCCN1C(=O)C12CC3CC(CC(C3)C1)C2)C(=O)O. The predicted octanol–water partition coefficient (Wildman–Crippen LogP) is 1.41. The van der Waals surface area contributed by atoms with Gasteiger partial charge in [-0.1, -0.05) is 0 Å². The van der Waals surface area contributed by atoms with E-state index in [9.17, 15) is 19.5 Å². The Morgan fingerprint density at radius 3 is 2.26 bits per heavy atom. The number of carboxylic acid groups (broad SMARTS) is 1. The minimum absolute atomic E-state index is 0.0866. The molecule has 1 saturated heterocycles. The molecule has 5 rings (SSSR count). The molecule has 5 fully saturated rings. The van der Waals surface area contributed by atoms with Gasteiger partial charge in [0.1, 0.15) is 6.04 Å². The molecule has 2 N–H and O–H groups in total. The molecule has 0 aromatic rings. The average Bonchev–Trinajstić information content (AvgIpc) is 3.09. The van der Waals surface area contributed by atoms with E-state index in [1.807, 2.05) is 0 Å². The van der Waals surface area contributed by atoms with Gasteiger partial charge in [-0.2, -0.15) is 0 Å². The molecular weight excluding hydrogens is 348 g/mol. The summed E-state index contributed by atoms with van der Waals surface area (Å²) in [5.74, 6) is 0.685. The number of carboxylic acids is 1. The van der Waals surface area contributed by atoms with Gasteiger partial charge < -0.3 is 20.1 Å². The summed E-state index contributed by atoms with van der Waals surface area (Å²) in [6, 6.07) is -1.64. The lowest BCUT2D eigenvalue weighted by atomic mass is 9.49. The molecule has 0 aromatic heterocycles. The Hall–Kier alpha value is -1.63. The van der Waals surface area contributed by atoms with Gasteiger partial charge in [-0.05, 0) is 69.1 Å². The van der Waals surface area contributed by atoms with Crippen molar-refractivity contribution in [2.45, 2.75) is 63.5 Å². The Labute approximate surface area is 159 Å². The Bertz CT molecular complexity index is 599. The van der Waals surface area contributed by atoms with Crippen LogP contribution in [-0.2, 0) is 19.1 Å². The van der Waals surface area contributed by atoms with E-state index in [1.165, 1.54) is 26.4 Å². The zero-order chi connectivity index (χ0) is 19.2. The number of ether oxygens (including phenoxy) is 1. The van der Waals surface area contributed by atoms with E-state index in [1.54, 1.807) is 4.90 Å². The number of rotatable bonds is 6. The van der Waals surface area contributed by atoms with Gasteiger partial charge in [-0.15, -0.1) is 0 Å². The van der Waals surface area contributed by atoms with Crippen LogP contribution in [0.1, 0.15) is 51.4 Å². The minimum Gasteiger partial charge on any atom is -0.480 e. The van der Waals surface area contributed by atoms with Crippen LogP contribution in [0.3, 0.4) is 0 Å². The third-order valence-electron chi connectivity index (χ3n) is 7.26. The van der Waals surface area contributed by atoms with Crippen molar-refractivity contribution in [3.63, 3.8) is 0 Å².